The van der Waals surface area contributed by atoms with Gasteiger partial charge in [0.25, 0.3) is 22.4 Å². The van der Waals surface area contributed by atoms with Crippen molar-refractivity contribution in [3.8, 4) is 0 Å². The van der Waals surface area contributed by atoms with Crippen molar-refractivity contribution < 1.29 is 136 Å². The number of ether oxygens (including phenoxy) is 1. The molecule has 0 aromatic carbocycles. The second-order valence-corrected chi connectivity index (χ2v) is 13.1. The van der Waals surface area contributed by atoms with Crippen molar-refractivity contribution in [2.75, 3.05) is 6.61 Å². The molecule has 5 N–H and O–H groups in total. The van der Waals surface area contributed by atoms with E-state index in [1.165, 1.54) is 0 Å². The van der Waals surface area contributed by atoms with Crippen LogP contribution in [0.15, 0.2) is 12.7 Å². The molecule has 0 radical (unpaired) electrons. The molecule has 57 heavy (non-hydrogen) atoms. The fourth-order valence-electron chi connectivity index (χ4n) is 6.75. The summed E-state index contributed by atoms with van der Waals surface area (Å²) in [5.41, 5.74) is -22.6. The largest absolute Gasteiger partial charge is 0.426 e. The van der Waals surface area contributed by atoms with Gasteiger partial charge in [-0.2, -0.15) is 105 Å². The third-order valence-electron chi connectivity index (χ3n) is 9.62. The molecule has 0 saturated heterocycles. The number of alkyl halides is 24. The molecule has 340 valence electrons. The third-order valence-corrected chi connectivity index (χ3v) is 9.62. The quantitative estimate of drug-likeness (QED) is 0.130. The summed E-state index contributed by atoms with van der Waals surface area (Å²) in [4.78, 5) is 0. The van der Waals surface area contributed by atoms with Crippen LogP contribution in [0.2, 0.25) is 0 Å². The van der Waals surface area contributed by atoms with Gasteiger partial charge in [-0.3, -0.25) is 0 Å². The lowest BCUT2D eigenvalue weighted by atomic mass is 9.65. The van der Waals surface area contributed by atoms with Gasteiger partial charge in [0.2, 0.25) is 0 Å². The number of aliphatic hydroxyl groups excluding tert-OH is 1. The highest BCUT2D eigenvalue weighted by Crippen LogP contribution is 2.59. The molecule has 0 spiro atoms. The average Bonchev–Trinajstić information content (AvgIpc) is 2.97. The van der Waals surface area contributed by atoms with Crippen LogP contribution in [0.4, 0.5) is 105 Å². The predicted molar refractivity (Wildman–Crippen MR) is 136 cm³/mol. The fourth-order valence-corrected chi connectivity index (χ4v) is 6.75. The van der Waals surface area contributed by atoms with Gasteiger partial charge < -0.3 is 30.3 Å². The second-order valence-electron chi connectivity index (χ2n) is 13.1. The van der Waals surface area contributed by atoms with Gasteiger partial charge in [0, 0.05) is 23.7 Å². The highest BCUT2D eigenvalue weighted by atomic mass is 19.4. The summed E-state index contributed by atoms with van der Waals surface area (Å²) in [5, 5.41) is 46.7. The Bertz CT molecular complexity index is 1190. The maximum Gasteiger partial charge on any atom is 0.426 e. The van der Waals surface area contributed by atoms with E-state index in [9.17, 15) is 131 Å². The van der Waals surface area contributed by atoms with Crippen molar-refractivity contribution in [1.29, 1.82) is 0 Å². The zero-order chi connectivity index (χ0) is 45.8. The predicted octanol–water partition coefficient (Wildman–Crippen LogP) is 8.16. The van der Waals surface area contributed by atoms with Gasteiger partial charge in [-0.15, -0.1) is 6.58 Å². The van der Waals surface area contributed by atoms with Crippen LogP contribution in [0, 0.1) is 23.7 Å². The Morgan fingerprint density at radius 3 is 0.754 bits per heavy atom. The Labute approximate surface area is 302 Å². The van der Waals surface area contributed by atoms with Crippen molar-refractivity contribution in [2.24, 2.45) is 23.7 Å². The van der Waals surface area contributed by atoms with E-state index >= 15 is 0 Å². The molecule has 2 fully saturated rings. The van der Waals surface area contributed by atoms with Crippen LogP contribution in [0.25, 0.3) is 0 Å². The fraction of sp³-hybridized carbons (Fsp3) is 0.926. The number of hydrogen-bond donors (Lipinski definition) is 5. The lowest BCUT2D eigenvalue weighted by Crippen LogP contribution is -2.67. The van der Waals surface area contributed by atoms with E-state index in [2.05, 4.69) is 6.58 Å². The van der Waals surface area contributed by atoms with Crippen LogP contribution < -0.4 is 0 Å². The van der Waals surface area contributed by atoms with Crippen molar-refractivity contribution in [3.63, 3.8) is 0 Å². The SMILES string of the molecule is C=CCOC1CC(C(O)(C(F)(F)F)C(F)(F)F)CC(C(O)(C(F)(F)F)C(F)(F)F)C1.OC1CC(C(O)(C(F)(F)F)C(F)(F)F)CC(C(O)(C(F)(F)F)C(F)(F)F)C1. The van der Waals surface area contributed by atoms with E-state index in [4.69, 9.17) is 4.74 Å². The summed E-state index contributed by atoms with van der Waals surface area (Å²) in [6, 6.07) is 0. The Balaban J connectivity index is 0.000000573. The minimum absolute atomic E-state index is 0.628. The van der Waals surface area contributed by atoms with Crippen LogP contribution in [-0.2, 0) is 4.74 Å². The molecule has 4 atom stereocenters. The molecule has 0 heterocycles. The summed E-state index contributed by atoms with van der Waals surface area (Å²) in [5.74, 6) is -13.1. The summed E-state index contributed by atoms with van der Waals surface area (Å²) in [6.45, 7) is 2.47. The van der Waals surface area contributed by atoms with Gasteiger partial charge in [0.15, 0.2) is 0 Å². The Morgan fingerprint density at radius 1 is 0.386 bits per heavy atom. The van der Waals surface area contributed by atoms with Crippen molar-refractivity contribution in [3.05, 3.63) is 12.7 Å². The van der Waals surface area contributed by atoms with Gasteiger partial charge in [-0.1, -0.05) is 6.08 Å². The van der Waals surface area contributed by atoms with Gasteiger partial charge in [-0.25, -0.2) is 0 Å². The highest BCUT2D eigenvalue weighted by Gasteiger charge is 2.80. The molecule has 2 saturated carbocycles. The van der Waals surface area contributed by atoms with Gasteiger partial charge in [-0.05, 0) is 38.5 Å². The number of aliphatic hydroxyl groups is 5. The minimum atomic E-state index is -6.52. The first kappa shape index (κ1) is 52.8. The molecule has 0 bridgehead atoms. The lowest BCUT2D eigenvalue weighted by Gasteiger charge is -2.48. The Hall–Kier alpha value is -2.18. The normalized spacial score (nSPS) is 26.1. The van der Waals surface area contributed by atoms with Crippen LogP contribution >= 0.6 is 0 Å². The summed E-state index contributed by atoms with van der Waals surface area (Å²) in [7, 11) is 0. The van der Waals surface area contributed by atoms with Crippen LogP contribution in [-0.4, -0.2) is 116 Å². The maximum atomic E-state index is 13.1. The molecule has 4 unspecified atom stereocenters. The van der Waals surface area contributed by atoms with E-state index in [0.717, 1.165) is 6.08 Å². The summed E-state index contributed by atoms with van der Waals surface area (Å²) < 4.78 is 316. The van der Waals surface area contributed by atoms with Crippen molar-refractivity contribution in [2.45, 2.75) is 123 Å². The maximum absolute atomic E-state index is 13.1. The second kappa shape index (κ2) is 16.0. The third kappa shape index (κ3) is 9.74. The van der Waals surface area contributed by atoms with Crippen LogP contribution in [0.5, 0.6) is 0 Å². The molecule has 0 aromatic rings. The van der Waals surface area contributed by atoms with E-state index < -0.39 is 153 Å². The van der Waals surface area contributed by atoms with E-state index in [0.29, 0.717) is 0 Å². The molecule has 30 heteroatoms. The van der Waals surface area contributed by atoms with Crippen LogP contribution in [0.3, 0.4) is 0 Å². The lowest BCUT2D eigenvalue weighted by molar-refractivity contribution is -0.406. The van der Waals surface area contributed by atoms with E-state index in [-0.39, 0.29) is 0 Å². The van der Waals surface area contributed by atoms with Gasteiger partial charge in [0.1, 0.15) is 0 Å². The Kier molecular flexibility index (Phi) is 14.8. The molecule has 0 amide bonds. The smallest absolute Gasteiger partial charge is 0.393 e. The number of hydrogen-bond acceptors (Lipinski definition) is 6. The number of halogens is 24. The molecule has 2 aliphatic rings. The van der Waals surface area contributed by atoms with E-state index in [1.54, 1.807) is 0 Å². The highest BCUT2D eigenvalue weighted by molar-refractivity contribution is 5.10. The van der Waals surface area contributed by atoms with Crippen molar-refractivity contribution in [1.82, 2.24) is 0 Å². The first-order chi connectivity index (χ1) is 24.7. The minimum Gasteiger partial charge on any atom is -0.393 e. The van der Waals surface area contributed by atoms with Gasteiger partial charge >= 0.3 is 49.4 Å². The first-order valence-corrected chi connectivity index (χ1v) is 15.1. The van der Waals surface area contributed by atoms with Gasteiger partial charge in [0.05, 0.1) is 18.8 Å². The molecular weight excluding hydrogens is 876 g/mol. The Morgan fingerprint density at radius 2 is 0.579 bits per heavy atom. The summed E-state index contributed by atoms with van der Waals surface area (Å²) >= 11 is 0. The molecule has 0 aliphatic heterocycles. The zero-order valence-electron chi connectivity index (χ0n) is 27.4. The van der Waals surface area contributed by atoms with Crippen molar-refractivity contribution >= 4 is 0 Å². The monoisotopic (exact) mass is 904 g/mol. The molecule has 0 aromatic heterocycles. The number of rotatable bonds is 7. The zero-order valence-corrected chi connectivity index (χ0v) is 27.4. The summed E-state index contributed by atoms with van der Waals surface area (Å²) in [6.07, 6.45) is -65.8. The standard InChI is InChI=1S/C15H16F12O3.C12H12F12O3/c1-2-3-30-9-5-7(10(28,12(16,17)18)13(19,20)21)4-8(6-9)11(29,14(22,23)24)15(25,26)27;13-9(14,15)7(26,10(16,17)18)4-1-5(3-6(25)2-4)8(27,11(19,20)21)12(22,23)24/h2,7-9,28-29H,1,3-6H2;4-6,25-27H,1-3H2. The molecule has 2 aliphatic carbocycles. The average molecular weight is 904 g/mol. The van der Waals surface area contributed by atoms with Crippen LogP contribution in [0.1, 0.15) is 38.5 Å². The molecule has 6 nitrogen and oxygen atoms in total. The topological polar surface area (TPSA) is 110 Å². The van der Waals surface area contributed by atoms with E-state index in [1.807, 2.05) is 0 Å². The molecule has 2 rings (SSSR count). The molecular formula is C27H28F24O6. The first-order valence-electron chi connectivity index (χ1n) is 15.1.